The second kappa shape index (κ2) is 11.6. The van der Waals surface area contributed by atoms with Gasteiger partial charge in [0.2, 0.25) is 5.91 Å². The lowest BCUT2D eigenvalue weighted by atomic mass is 9.99. The molecule has 0 bridgehead atoms. The molecule has 1 aromatic carbocycles. The van der Waals surface area contributed by atoms with Gasteiger partial charge in [0.15, 0.2) is 5.96 Å². The molecule has 1 amide bonds. The molecular formula is C22H35IN4O. The van der Waals surface area contributed by atoms with Crippen LogP contribution in [0.4, 0.5) is 0 Å². The van der Waals surface area contributed by atoms with Gasteiger partial charge < -0.3 is 15.1 Å². The molecule has 0 radical (unpaired) electrons. The number of hydrogen-bond acceptors (Lipinski definition) is 2. The highest BCUT2D eigenvalue weighted by molar-refractivity contribution is 14.0. The van der Waals surface area contributed by atoms with Crippen molar-refractivity contribution in [2.75, 3.05) is 32.7 Å². The molecule has 5 nitrogen and oxygen atoms in total. The number of benzene rings is 1. The normalized spacial score (nSPS) is 22.7. The summed E-state index contributed by atoms with van der Waals surface area (Å²) in [5.74, 6) is 1.77. The van der Waals surface area contributed by atoms with Crippen LogP contribution in [0, 0.1) is 0 Å². The Hall–Kier alpha value is -1.31. The van der Waals surface area contributed by atoms with Gasteiger partial charge in [0, 0.05) is 44.6 Å². The molecule has 2 fully saturated rings. The van der Waals surface area contributed by atoms with Gasteiger partial charge in [-0.3, -0.25) is 9.79 Å². The van der Waals surface area contributed by atoms with E-state index >= 15 is 0 Å². The van der Waals surface area contributed by atoms with E-state index in [-0.39, 0.29) is 29.9 Å². The molecule has 156 valence electrons. The number of carbonyl (C=O) groups is 1. The number of nitrogens with zero attached hydrogens (tertiary/aromatic N) is 3. The summed E-state index contributed by atoms with van der Waals surface area (Å²) in [5.41, 5.74) is 1.41. The lowest BCUT2D eigenvalue weighted by Gasteiger charge is -2.33. The maximum atomic E-state index is 12.5. The first-order valence-corrected chi connectivity index (χ1v) is 10.6. The van der Waals surface area contributed by atoms with E-state index in [4.69, 9.17) is 4.99 Å². The van der Waals surface area contributed by atoms with E-state index in [1.165, 1.54) is 12.0 Å². The van der Waals surface area contributed by atoms with Crippen LogP contribution in [0.15, 0.2) is 35.3 Å². The van der Waals surface area contributed by atoms with Crippen molar-refractivity contribution in [2.45, 2.75) is 57.9 Å². The summed E-state index contributed by atoms with van der Waals surface area (Å²) in [7, 11) is 0. The van der Waals surface area contributed by atoms with Crippen LogP contribution in [-0.2, 0) is 4.79 Å². The minimum atomic E-state index is 0. The summed E-state index contributed by atoms with van der Waals surface area (Å²) in [6.07, 6.45) is 5.17. The highest BCUT2D eigenvalue weighted by atomic mass is 127. The molecule has 1 aromatic rings. The van der Waals surface area contributed by atoms with Crippen molar-refractivity contribution in [3.8, 4) is 0 Å². The maximum absolute atomic E-state index is 12.5. The van der Waals surface area contributed by atoms with Crippen LogP contribution in [0.5, 0.6) is 0 Å². The summed E-state index contributed by atoms with van der Waals surface area (Å²) in [6, 6.07) is 11.1. The Labute approximate surface area is 187 Å². The Kier molecular flexibility index (Phi) is 9.55. The molecule has 0 saturated carbocycles. The number of guanidine groups is 1. The first-order valence-electron chi connectivity index (χ1n) is 10.6. The average molecular weight is 498 g/mol. The SMILES string of the molecule is CCNC(=NCCC(=O)N1CCCCC1C)N1CCC(c2ccccc2)C1.I. The third kappa shape index (κ3) is 6.09. The summed E-state index contributed by atoms with van der Waals surface area (Å²) in [4.78, 5) is 21.7. The smallest absolute Gasteiger partial charge is 0.224 e. The molecule has 0 aliphatic carbocycles. The molecule has 6 heteroatoms. The molecular weight excluding hydrogens is 463 g/mol. The van der Waals surface area contributed by atoms with Gasteiger partial charge in [-0.05, 0) is 45.1 Å². The topological polar surface area (TPSA) is 47.9 Å². The Morgan fingerprint density at radius 3 is 2.68 bits per heavy atom. The summed E-state index contributed by atoms with van der Waals surface area (Å²) in [5, 5.41) is 3.41. The third-order valence-electron chi connectivity index (χ3n) is 5.80. The fourth-order valence-corrected chi connectivity index (χ4v) is 4.25. The van der Waals surface area contributed by atoms with E-state index in [2.05, 4.69) is 54.4 Å². The van der Waals surface area contributed by atoms with Crippen molar-refractivity contribution in [1.29, 1.82) is 0 Å². The Bertz CT molecular complexity index is 637. The predicted octanol–water partition coefficient (Wildman–Crippen LogP) is 3.85. The van der Waals surface area contributed by atoms with Crippen LogP contribution in [0.25, 0.3) is 0 Å². The second-order valence-corrected chi connectivity index (χ2v) is 7.76. The van der Waals surface area contributed by atoms with Gasteiger partial charge in [0.05, 0.1) is 6.54 Å². The third-order valence-corrected chi connectivity index (χ3v) is 5.80. The fourth-order valence-electron chi connectivity index (χ4n) is 4.25. The second-order valence-electron chi connectivity index (χ2n) is 7.76. The number of hydrogen-bond donors (Lipinski definition) is 1. The van der Waals surface area contributed by atoms with Gasteiger partial charge in [-0.25, -0.2) is 0 Å². The van der Waals surface area contributed by atoms with E-state index in [0.717, 1.165) is 51.4 Å². The molecule has 2 saturated heterocycles. The quantitative estimate of drug-likeness (QED) is 0.381. The Morgan fingerprint density at radius 1 is 1.18 bits per heavy atom. The van der Waals surface area contributed by atoms with Crippen LogP contribution in [0.3, 0.4) is 0 Å². The summed E-state index contributed by atoms with van der Waals surface area (Å²) < 4.78 is 0. The number of amides is 1. The van der Waals surface area contributed by atoms with E-state index in [9.17, 15) is 4.79 Å². The van der Waals surface area contributed by atoms with Crippen LogP contribution >= 0.6 is 24.0 Å². The van der Waals surface area contributed by atoms with Crippen LogP contribution in [0.2, 0.25) is 0 Å². The van der Waals surface area contributed by atoms with E-state index in [0.29, 0.717) is 24.9 Å². The number of likely N-dealkylation sites (tertiary alicyclic amines) is 2. The molecule has 2 aliphatic rings. The van der Waals surface area contributed by atoms with E-state index < -0.39 is 0 Å². The van der Waals surface area contributed by atoms with Crippen molar-refractivity contribution in [2.24, 2.45) is 4.99 Å². The Morgan fingerprint density at radius 2 is 1.96 bits per heavy atom. The van der Waals surface area contributed by atoms with Crippen molar-refractivity contribution < 1.29 is 4.79 Å². The van der Waals surface area contributed by atoms with Gasteiger partial charge in [0.1, 0.15) is 0 Å². The number of piperidine rings is 1. The Balaban J connectivity index is 0.00000280. The highest BCUT2D eigenvalue weighted by Gasteiger charge is 2.26. The van der Waals surface area contributed by atoms with Crippen LogP contribution in [0.1, 0.15) is 57.4 Å². The summed E-state index contributed by atoms with van der Waals surface area (Å²) in [6.45, 7) is 8.60. The van der Waals surface area contributed by atoms with Gasteiger partial charge in [-0.2, -0.15) is 0 Å². The van der Waals surface area contributed by atoms with Gasteiger partial charge in [0.25, 0.3) is 0 Å². The zero-order chi connectivity index (χ0) is 19.1. The van der Waals surface area contributed by atoms with Crippen molar-refractivity contribution in [1.82, 2.24) is 15.1 Å². The average Bonchev–Trinajstić information content (AvgIpc) is 3.18. The first-order chi connectivity index (χ1) is 13.2. The molecule has 2 aliphatic heterocycles. The molecule has 1 N–H and O–H groups in total. The summed E-state index contributed by atoms with van der Waals surface area (Å²) >= 11 is 0. The molecule has 3 rings (SSSR count). The van der Waals surface area contributed by atoms with Crippen LogP contribution in [-0.4, -0.2) is 60.4 Å². The largest absolute Gasteiger partial charge is 0.357 e. The van der Waals surface area contributed by atoms with Crippen LogP contribution < -0.4 is 5.32 Å². The zero-order valence-electron chi connectivity index (χ0n) is 17.3. The maximum Gasteiger partial charge on any atom is 0.224 e. The molecule has 0 spiro atoms. The number of aliphatic imine (C=N–C) groups is 1. The van der Waals surface area contributed by atoms with Gasteiger partial charge in [-0.15, -0.1) is 24.0 Å². The van der Waals surface area contributed by atoms with Gasteiger partial charge >= 0.3 is 0 Å². The fraction of sp³-hybridized carbons (Fsp3) is 0.636. The number of halogens is 1. The van der Waals surface area contributed by atoms with E-state index in [1.54, 1.807) is 0 Å². The minimum absolute atomic E-state index is 0. The monoisotopic (exact) mass is 498 g/mol. The zero-order valence-corrected chi connectivity index (χ0v) is 19.6. The number of nitrogens with one attached hydrogen (secondary N) is 1. The number of rotatable bonds is 5. The highest BCUT2D eigenvalue weighted by Crippen LogP contribution is 2.27. The van der Waals surface area contributed by atoms with Crippen molar-refractivity contribution in [3.05, 3.63) is 35.9 Å². The molecule has 2 heterocycles. The molecule has 28 heavy (non-hydrogen) atoms. The predicted molar refractivity (Wildman–Crippen MR) is 126 cm³/mol. The first kappa shape index (κ1) is 23.0. The lowest BCUT2D eigenvalue weighted by Crippen LogP contribution is -2.42. The van der Waals surface area contributed by atoms with Gasteiger partial charge in [-0.1, -0.05) is 30.3 Å². The van der Waals surface area contributed by atoms with E-state index in [1.807, 2.05) is 4.90 Å². The number of carbonyl (C=O) groups excluding carboxylic acids is 1. The minimum Gasteiger partial charge on any atom is -0.357 e. The lowest BCUT2D eigenvalue weighted by molar-refractivity contribution is -0.134. The molecule has 2 atom stereocenters. The molecule has 2 unspecified atom stereocenters. The van der Waals surface area contributed by atoms with Crippen molar-refractivity contribution in [3.63, 3.8) is 0 Å². The standard InChI is InChI=1S/C22H34N4O.HI/c1-3-23-22(24-14-12-21(27)26-15-8-7-9-18(26)2)25-16-13-20(17-25)19-10-5-4-6-11-19;/h4-6,10-11,18,20H,3,7-9,12-17H2,1-2H3,(H,23,24);1H. The van der Waals surface area contributed by atoms with Crippen molar-refractivity contribution >= 4 is 35.8 Å². The molecule has 0 aromatic heterocycles.